The van der Waals surface area contributed by atoms with Crippen molar-refractivity contribution in [1.82, 2.24) is 25.8 Å². The first kappa shape index (κ1) is 30.7. The minimum Gasteiger partial charge on any atom is -0.508 e. The Labute approximate surface area is 253 Å². The van der Waals surface area contributed by atoms with Crippen LogP contribution in [-0.2, 0) is 32.0 Å². The number of piperazine rings is 1. The largest absolute Gasteiger partial charge is 0.508 e. The van der Waals surface area contributed by atoms with Gasteiger partial charge in [0.2, 0.25) is 17.7 Å². The van der Waals surface area contributed by atoms with Crippen LogP contribution < -0.4 is 16.0 Å². The molecule has 0 spiro atoms. The van der Waals surface area contributed by atoms with Gasteiger partial charge in [-0.05, 0) is 62.4 Å². The van der Waals surface area contributed by atoms with Crippen LogP contribution in [0, 0.1) is 5.92 Å². The summed E-state index contributed by atoms with van der Waals surface area (Å²) in [5.74, 6) is -1.03. The first-order chi connectivity index (χ1) is 20.7. The average Bonchev–Trinajstić information content (AvgIpc) is 3.38. The van der Waals surface area contributed by atoms with Crippen molar-refractivity contribution < 1.29 is 24.3 Å². The number of nitrogens with one attached hydrogen (secondary N) is 3. The normalized spacial score (nSPS) is 24.0. The predicted molar refractivity (Wildman–Crippen MR) is 162 cm³/mol. The number of phenols is 1. The lowest BCUT2D eigenvalue weighted by Gasteiger charge is -2.51. The van der Waals surface area contributed by atoms with Crippen molar-refractivity contribution in [1.29, 1.82) is 0 Å². The minimum atomic E-state index is -1.47. The molecule has 0 unspecified atom stereocenters. The summed E-state index contributed by atoms with van der Waals surface area (Å²) in [4.78, 5) is 58.9. The molecule has 2 aromatic rings. The van der Waals surface area contributed by atoms with Crippen molar-refractivity contribution in [3.05, 3.63) is 65.7 Å². The van der Waals surface area contributed by atoms with Crippen LogP contribution in [0.2, 0.25) is 0 Å². The van der Waals surface area contributed by atoms with Gasteiger partial charge in [-0.15, -0.1) is 0 Å². The number of nitrogens with zero attached hydrogens (tertiary/aromatic N) is 2. The lowest BCUT2D eigenvalue weighted by molar-refractivity contribution is -0.165. The summed E-state index contributed by atoms with van der Waals surface area (Å²) in [5.41, 5.74) is 0.362. The van der Waals surface area contributed by atoms with E-state index >= 15 is 0 Å². The van der Waals surface area contributed by atoms with E-state index in [1.165, 1.54) is 4.90 Å². The summed E-state index contributed by atoms with van der Waals surface area (Å²) in [5, 5.41) is 19.1. The SMILES string of the molecule is CN[C@@H](C)C(=O)N[C@H](C(=O)[C@@]12CN(CCc3ccccc3)C(=O)[C@H](Cc3ccc(O)cc3)N1C(=O)CN2)C1CCCCC1. The monoisotopic (exact) mass is 589 g/mol. The van der Waals surface area contributed by atoms with Crippen molar-refractivity contribution in [2.24, 2.45) is 5.92 Å². The molecule has 1 aliphatic carbocycles. The number of hydrogen-bond donors (Lipinski definition) is 4. The quantitative estimate of drug-likeness (QED) is 0.314. The summed E-state index contributed by atoms with van der Waals surface area (Å²) in [6.45, 7) is 2.06. The number of amides is 3. The van der Waals surface area contributed by atoms with E-state index in [0.29, 0.717) is 13.0 Å². The number of carbonyl (C=O) groups is 4. The second kappa shape index (κ2) is 13.3. The zero-order chi connectivity index (χ0) is 30.6. The number of carbonyl (C=O) groups excluding carboxylic acids is 4. The van der Waals surface area contributed by atoms with Gasteiger partial charge in [-0.25, -0.2) is 0 Å². The van der Waals surface area contributed by atoms with Gasteiger partial charge >= 0.3 is 0 Å². The zero-order valence-corrected chi connectivity index (χ0v) is 25.1. The number of benzene rings is 2. The van der Waals surface area contributed by atoms with Gasteiger partial charge in [-0.2, -0.15) is 0 Å². The number of likely N-dealkylation sites (N-methyl/N-ethyl adjacent to an activating group) is 1. The number of rotatable bonds is 11. The Balaban J connectivity index is 1.52. The molecule has 2 saturated heterocycles. The maximum Gasteiger partial charge on any atom is 0.245 e. The van der Waals surface area contributed by atoms with Gasteiger partial charge in [0.25, 0.3) is 0 Å². The van der Waals surface area contributed by atoms with E-state index in [0.717, 1.165) is 43.2 Å². The van der Waals surface area contributed by atoms with Crippen LogP contribution in [0.4, 0.5) is 0 Å². The summed E-state index contributed by atoms with van der Waals surface area (Å²) in [6.07, 6.45) is 5.44. The summed E-state index contributed by atoms with van der Waals surface area (Å²) < 4.78 is 0. The standard InChI is InChI=1S/C33H43N5O5/c1-22(34-2)31(42)36-29(25-11-7-4-8-12-25)30(41)33-21-37(18-17-23-9-5-3-6-10-23)32(43)27(38(33)28(40)20-35-33)19-24-13-15-26(39)16-14-24/h3,5-6,9-10,13-16,22,25,27,29,34-35,39H,4,7-8,11-12,17-21H2,1-2H3,(H,36,42)/t22-,27-,29-,33+/m0/s1. The van der Waals surface area contributed by atoms with Crippen molar-refractivity contribution in [3.63, 3.8) is 0 Å². The van der Waals surface area contributed by atoms with Gasteiger partial charge in [0.05, 0.1) is 25.2 Å². The number of fused-ring (bicyclic) bond motifs is 1. The molecule has 3 fully saturated rings. The molecule has 0 bridgehead atoms. The molecule has 230 valence electrons. The Kier molecular flexibility index (Phi) is 9.46. The predicted octanol–water partition coefficient (Wildman–Crippen LogP) is 1.76. The van der Waals surface area contributed by atoms with Crippen molar-refractivity contribution in [2.75, 3.05) is 26.7 Å². The van der Waals surface area contributed by atoms with Crippen molar-refractivity contribution >= 4 is 23.5 Å². The van der Waals surface area contributed by atoms with Crippen molar-refractivity contribution in [3.8, 4) is 5.75 Å². The second-order valence-corrected chi connectivity index (χ2v) is 12.1. The van der Waals surface area contributed by atoms with E-state index in [1.54, 1.807) is 43.1 Å². The fraction of sp³-hybridized carbons (Fsp3) is 0.515. The number of Topliss-reactive ketones (excluding diaryl/α,β-unsaturated/α-hetero) is 1. The Morgan fingerprint density at radius 3 is 2.40 bits per heavy atom. The molecule has 4 atom stereocenters. The van der Waals surface area contributed by atoms with Crippen molar-refractivity contribution in [2.45, 2.75) is 75.7 Å². The molecule has 0 aromatic heterocycles. The molecule has 5 rings (SSSR count). The van der Waals surface area contributed by atoms with Crippen LogP contribution in [0.5, 0.6) is 5.75 Å². The molecule has 2 aliphatic heterocycles. The van der Waals surface area contributed by atoms with Gasteiger partial charge < -0.3 is 25.5 Å². The van der Waals surface area contributed by atoms with E-state index in [-0.39, 0.29) is 54.7 Å². The van der Waals surface area contributed by atoms with Gasteiger partial charge in [0, 0.05) is 13.0 Å². The van der Waals surface area contributed by atoms with Crippen LogP contribution in [0.1, 0.15) is 50.2 Å². The van der Waals surface area contributed by atoms with E-state index in [9.17, 15) is 24.3 Å². The molecule has 2 heterocycles. The molecular weight excluding hydrogens is 546 g/mol. The molecule has 2 aromatic carbocycles. The third-order valence-electron chi connectivity index (χ3n) is 9.35. The van der Waals surface area contributed by atoms with Gasteiger partial charge in [0.15, 0.2) is 11.4 Å². The Hall–Kier alpha value is -3.76. The van der Waals surface area contributed by atoms with Crippen LogP contribution in [0.15, 0.2) is 54.6 Å². The van der Waals surface area contributed by atoms with Crippen LogP contribution >= 0.6 is 0 Å². The topological polar surface area (TPSA) is 131 Å². The Morgan fingerprint density at radius 1 is 1.02 bits per heavy atom. The van der Waals surface area contributed by atoms with Crippen LogP contribution in [0.3, 0.4) is 0 Å². The second-order valence-electron chi connectivity index (χ2n) is 12.1. The smallest absolute Gasteiger partial charge is 0.245 e. The Morgan fingerprint density at radius 2 is 1.72 bits per heavy atom. The molecule has 3 aliphatic rings. The maximum absolute atomic E-state index is 14.9. The number of phenolic OH excluding ortho intramolecular Hbond substituents is 1. The fourth-order valence-electron chi connectivity index (χ4n) is 6.80. The van der Waals surface area contributed by atoms with E-state index in [4.69, 9.17) is 0 Å². The van der Waals surface area contributed by atoms with E-state index < -0.39 is 23.8 Å². The molecule has 0 radical (unpaired) electrons. The minimum absolute atomic E-state index is 0.00991. The number of ketones is 1. The lowest BCUT2D eigenvalue weighted by atomic mass is 9.78. The third-order valence-corrected chi connectivity index (χ3v) is 9.35. The molecule has 1 saturated carbocycles. The maximum atomic E-state index is 14.9. The van der Waals surface area contributed by atoms with Crippen LogP contribution in [0.25, 0.3) is 0 Å². The highest BCUT2D eigenvalue weighted by molar-refractivity contribution is 6.04. The summed E-state index contributed by atoms with van der Waals surface area (Å²) in [7, 11) is 1.70. The number of aromatic hydroxyl groups is 1. The molecule has 3 amide bonds. The highest BCUT2D eigenvalue weighted by Crippen LogP contribution is 2.36. The first-order valence-electron chi connectivity index (χ1n) is 15.4. The fourth-order valence-corrected chi connectivity index (χ4v) is 6.80. The average molecular weight is 590 g/mol. The van der Waals surface area contributed by atoms with E-state index in [1.807, 2.05) is 30.3 Å². The molecule has 43 heavy (non-hydrogen) atoms. The first-order valence-corrected chi connectivity index (χ1v) is 15.4. The van der Waals surface area contributed by atoms with E-state index in [2.05, 4.69) is 16.0 Å². The van der Waals surface area contributed by atoms with Crippen LogP contribution in [-0.4, -0.2) is 88.9 Å². The van der Waals surface area contributed by atoms with Gasteiger partial charge in [-0.1, -0.05) is 61.7 Å². The van der Waals surface area contributed by atoms with Gasteiger partial charge in [-0.3, -0.25) is 24.5 Å². The molecule has 4 N–H and O–H groups in total. The highest BCUT2D eigenvalue weighted by Gasteiger charge is 2.61. The third kappa shape index (κ3) is 6.45. The molecule has 10 heteroatoms. The molecule has 10 nitrogen and oxygen atoms in total. The summed E-state index contributed by atoms with van der Waals surface area (Å²) >= 11 is 0. The number of hydrogen-bond acceptors (Lipinski definition) is 7. The zero-order valence-electron chi connectivity index (χ0n) is 25.1. The Bertz CT molecular complexity index is 1310. The van der Waals surface area contributed by atoms with Gasteiger partial charge in [0.1, 0.15) is 11.8 Å². The lowest BCUT2D eigenvalue weighted by Crippen LogP contribution is -2.76. The molecular formula is C33H43N5O5. The summed E-state index contributed by atoms with van der Waals surface area (Å²) in [6, 6.07) is 14.2. The highest BCUT2D eigenvalue weighted by atomic mass is 16.3.